The standard InChI is InChI=1S/C31H38F2N4O4S/c1-31(2,3)29(37(13-7-12-34)28(39)19-42-18-26(30(40)41)35-20-38)27-14-22(24-15-23(32)10-11-25(24)33)17-36(27)16-21-8-5-4-6-9-21/h4-6,8-11,14-15,17,20,26,29H,7,12-13,16,18-19,34H2,1-3H3,(H,35,38)(H,40,41). The summed E-state index contributed by atoms with van der Waals surface area (Å²) in [6.07, 6.45) is 2.63. The van der Waals surface area contributed by atoms with Crippen molar-refractivity contribution in [1.29, 1.82) is 0 Å². The summed E-state index contributed by atoms with van der Waals surface area (Å²) in [5.74, 6) is -2.54. The first-order valence-electron chi connectivity index (χ1n) is 13.7. The second kappa shape index (κ2) is 15.0. The molecule has 0 aliphatic heterocycles. The van der Waals surface area contributed by atoms with Crippen molar-refractivity contribution in [3.63, 3.8) is 0 Å². The molecule has 2 unspecified atom stereocenters. The van der Waals surface area contributed by atoms with Crippen molar-refractivity contribution in [1.82, 2.24) is 14.8 Å². The van der Waals surface area contributed by atoms with Crippen LogP contribution in [0.3, 0.4) is 0 Å². The number of carbonyl (C=O) groups excluding carboxylic acids is 2. The van der Waals surface area contributed by atoms with Gasteiger partial charge < -0.3 is 25.6 Å². The first-order valence-corrected chi connectivity index (χ1v) is 14.8. The summed E-state index contributed by atoms with van der Waals surface area (Å²) in [5.41, 5.74) is 7.68. The van der Waals surface area contributed by atoms with Crippen molar-refractivity contribution in [3.05, 3.63) is 83.7 Å². The second-order valence-electron chi connectivity index (χ2n) is 11.1. The van der Waals surface area contributed by atoms with Gasteiger partial charge in [0.05, 0.1) is 11.8 Å². The van der Waals surface area contributed by atoms with Crippen molar-refractivity contribution < 1.29 is 28.3 Å². The van der Waals surface area contributed by atoms with Gasteiger partial charge >= 0.3 is 5.97 Å². The molecule has 3 rings (SSSR count). The number of nitrogens with zero attached hydrogens (tertiary/aromatic N) is 2. The highest BCUT2D eigenvalue weighted by atomic mass is 32.2. The van der Waals surface area contributed by atoms with E-state index in [2.05, 4.69) is 5.32 Å². The first-order chi connectivity index (χ1) is 20.0. The maximum Gasteiger partial charge on any atom is 0.327 e. The molecule has 226 valence electrons. The van der Waals surface area contributed by atoms with E-state index in [1.165, 1.54) is 0 Å². The van der Waals surface area contributed by atoms with Crippen LogP contribution in [0.25, 0.3) is 11.1 Å². The SMILES string of the molecule is CC(C)(C)C(c1cc(-c2cc(F)ccc2F)cn1Cc1ccccc1)N(CCCN)C(=O)CSCC(NC=O)C(=O)O. The molecule has 0 fully saturated rings. The van der Waals surface area contributed by atoms with Crippen LogP contribution in [0.4, 0.5) is 8.78 Å². The van der Waals surface area contributed by atoms with E-state index in [0.29, 0.717) is 38.0 Å². The molecule has 11 heteroatoms. The highest BCUT2D eigenvalue weighted by molar-refractivity contribution is 8.00. The maximum absolute atomic E-state index is 14.9. The Morgan fingerprint density at radius 3 is 2.48 bits per heavy atom. The summed E-state index contributed by atoms with van der Waals surface area (Å²) in [6.45, 7) is 7.14. The second-order valence-corrected chi connectivity index (χ2v) is 12.1. The molecule has 0 bridgehead atoms. The lowest BCUT2D eigenvalue weighted by Gasteiger charge is -2.41. The molecule has 1 heterocycles. The molecule has 0 saturated heterocycles. The number of carboxylic acid groups (broad SMARTS) is 1. The van der Waals surface area contributed by atoms with E-state index in [4.69, 9.17) is 5.73 Å². The Bertz CT molecular complexity index is 1360. The Kier molecular flexibility index (Phi) is 11.7. The Balaban J connectivity index is 2.07. The van der Waals surface area contributed by atoms with Gasteiger partial charge in [-0.15, -0.1) is 11.8 Å². The number of rotatable bonds is 15. The lowest BCUT2D eigenvalue weighted by molar-refractivity contribution is -0.140. The summed E-state index contributed by atoms with van der Waals surface area (Å²) in [7, 11) is 0. The van der Waals surface area contributed by atoms with Gasteiger partial charge in [0.25, 0.3) is 0 Å². The van der Waals surface area contributed by atoms with Crippen LogP contribution in [0, 0.1) is 17.0 Å². The number of thioether (sulfide) groups is 1. The topological polar surface area (TPSA) is 118 Å². The van der Waals surface area contributed by atoms with Crippen molar-refractivity contribution in [2.45, 2.75) is 45.8 Å². The van der Waals surface area contributed by atoms with E-state index in [1.54, 1.807) is 17.2 Å². The highest BCUT2D eigenvalue weighted by Gasteiger charge is 2.37. The third kappa shape index (κ3) is 8.65. The van der Waals surface area contributed by atoms with E-state index in [1.807, 2.05) is 55.7 Å². The Morgan fingerprint density at radius 1 is 1.14 bits per heavy atom. The molecule has 2 aromatic carbocycles. The quantitative estimate of drug-likeness (QED) is 0.218. The fraction of sp³-hybridized carbons (Fsp3) is 0.387. The molecule has 8 nitrogen and oxygen atoms in total. The number of hydrogen-bond acceptors (Lipinski definition) is 5. The van der Waals surface area contributed by atoms with Gasteiger partial charge in [0.15, 0.2) is 0 Å². The molecule has 0 radical (unpaired) electrons. The number of benzene rings is 2. The Hall–Kier alpha value is -3.70. The van der Waals surface area contributed by atoms with Crippen LogP contribution in [0.2, 0.25) is 0 Å². The van der Waals surface area contributed by atoms with Crippen LogP contribution in [0.1, 0.15) is 44.5 Å². The number of halogens is 2. The summed E-state index contributed by atoms with van der Waals surface area (Å²) >= 11 is 1.11. The van der Waals surface area contributed by atoms with Crippen molar-refractivity contribution in [2.24, 2.45) is 11.1 Å². The van der Waals surface area contributed by atoms with Crippen LogP contribution in [-0.2, 0) is 20.9 Å². The number of aromatic nitrogens is 1. The van der Waals surface area contributed by atoms with Crippen LogP contribution < -0.4 is 11.1 Å². The van der Waals surface area contributed by atoms with Crippen molar-refractivity contribution in [3.8, 4) is 11.1 Å². The van der Waals surface area contributed by atoms with Gasteiger partial charge in [-0.1, -0.05) is 51.1 Å². The number of amides is 2. The van der Waals surface area contributed by atoms with Gasteiger partial charge in [-0.05, 0) is 48.2 Å². The van der Waals surface area contributed by atoms with Crippen LogP contribution in [0.5, 0.6) is 0 Å². The largest absolute Gasteiger partial charge is 0.480 e. The van der Waals surface area contributed by atoms with Gasteiger partial charge in [-0.25, -0.2) is 13.6 Å². The molecule has 0 aliphatic carbocycles. The zero-order valence-corrected chi connectivity index (χ0v) is 24.9. The Labute approximate surface area is 249 Å². The number of aliphatic carboxylic acids is 1. The lowest BCUT2D eigenvalue weighted by Crippen LogP contribution is -2.44. The lowest BCUT2D eigenvalue weighted by atomic mass is 9.83. The van der Waals surface area contributed by atoms with Crippen molar-refractivity contribution in [2.75, 3.05) is 24.6 Å². The summed E-state index contributed by atoms with van der Waals surface area (Å²) in [4.78, 5) is 37.7. The van der Waals surface area contributed by atoms with E-state index in [9.17, 15) is 28.3 Å². The number of nitrogens with two attached hydrogens (primary N) is 1. The summed E-state index contributed by atoms with van der Waals surface area (Å²) < 4.78 is 31.1. The van der Waals surface area contributed by atoms with E-state index < -0.39 is 35.1 Å². The van der Waals surface area contributed by atoms with E-state index >= 15 is 0 Å². The fourth-order valence-electron chi connectivity index (χ4n) is 4.89. The maximum atomic E-state index is 14.9. The molecule has 0 spiro atoms. The molecule has 3 aromatic rings. The van der Waals surface area contributed by atoms with Gasteiger partial charge in [0.1, 0.15) is 17.7 Å². The third-order valence-electron chi connectivity index (χ3n) is 6.78. The Morgan fingerprint density at radius 2 is 1.86 bits per heavy atom. The van der Waals surface area contributed by atoms with Crippen LogP contribution in [-0.4, -0.2) is 63.5 Å². The van der Waals surface area contributed by atoms with E-state index in [-0.39, 0.29) is 23.0 Å². The molecule has 2 amide bonds. The predicted molar refractivity (Wildman–Crippen MR) is 161 cm³/mol. The number of hydrogen-bond donors (Lipinski definition) is 3. The van der Waals surface area contributed by atoms with Gasteiger partial charge in [0, 0.05) is 41.9 Å². The normalized spacial score (nSPS) is 12.9. The molecular formula is C31H38F2N4O4S. The molecule has 0 saturated carbocycles. The molecular weight excluding hydrogens is 562 g/mol. The van der Waals surface area contributed by atoms with Gasteiger partial charge in [-0.2, -0.15) is 0 Å². The minimum Gasteiger partial charge on any atom is -0.480 e. The van der Waals surface area contributed by atoms with E-state index in [0.717, 1.165) is 41.2 Å². The minimum absolute atomic E-state index is 0.0120. The van der Waals surface area contributed by atoms with Crippen molar-refractivity contribution >= 4 is 30.0 Å². The average molecular weight is 601 g/mol. The smallest absolute Gasteiger partial charge is 0.327 e. The van der Waals surface area contributed by atoms with Crippen LogP contribution >= 0.6 is 11.8 Å². The third-order valence-corrected chi connectivity index (χ3v) is 7.80. The molecule has 4 N–H and O–H groups in total. The molecule has 42 heavy (non-hydrogen) atoms. The number of carbonyl (C=O) groups is 3. The van der Waals surface area contributed by atoms with Crippen LogP contribution in [0.15, 0.2) is 60.8 Å². The fourth-order valence-corrected chi connectivity index (χ4v) is 5.82. The molecule has 0 aliphatic rings. The minimum atomic E-state index is -1.19. The van der Waals surface area contributed by atoms with Gasteiger partial charge in [-0.3, -0.25) is 9.59 Å². The zero-order chi connectivity index (χ0) is 30.9. The summed E-state index contributed by atoms with van der Waals surface area (Å²) in [5, 5.41) is 11.6. The van der Waals surface area contributed by atoms with Gasteiger partial charge in [0.2, 0.25) is 12.3 Å². The number of nitrogens with one attached hydrogen (secondary N) is 1. The summed E-state index contributed by atoms with van der Waals surface area (Å²) in [6, 6.07) is 13.2. The highest BCUT2D eigenvalue weighted by Crippen LogP contribution is 2.41. The molecule has 1 aromatic heterocycles. The average Bonchev–Trinajstić information content (AvgIpc) is 3.33. The first kappa shape index (κ1) is 32.8. The monoisotopic (exact) mass is 600 g/mol. The number of carboxylic acids is 1. The zero-order valence-electron chi connectivity index (χ0n) is 24.1. The predicted octanol–water partition coefficient (Wildman–Crippen LogP) is 4.68. The molecule has 2 atom stereocenters.